The van der Waals surface area contributed by atoms with Crippen LogP contribution in [0.5, 0.6) is 11.5 Å². The maximum absolute atomic E-state index is 12.7. The Morgan fingerprint density at radius 3 is 1.97 bits per heavy atom. The molecule has 1 aliphatic rings. The lowest BCUT2D eigenvalue weighted by Crippen LogP contribution is -2.35. The summed E-state index contributed by atoms with van der Waals surface area (Å²) in [5, 5.41) is 2.85. The van der Waals surface area contributed by atoms with E-state index < -0.39 is 5.91 Å². The van der Waals surface area contributed by atoms with Gasteiger partial charge in [0.15, 0.2) is 0 Å². The van der Waals surface area contributed by atoms with Crippen molar-refractivity contribution in [2.24, 2.45) is 5.73 Å². The van der Waals surface area contributed by atoms with Gasteiger partial charge >= 0.3 is 0 Å². The van der Waals surface area contributed by atoms with Gasteiger partial charge in [-0.1, -0.05) is 6.07 Å². The minimum Gasteiger partial charge on any atom is -0.457 e. The highest BCUT2D eigenvalue weighted by Gasteiger charge is 2.18. The van der Waals surface area contributed by atoms with Crippen molar-refractivity contribution in [1.82, 2.24) is 4.90 Å². The maximum atomic E-state index is 12.7. The second-order valence-corrected chi connectivity index (χ2v) is 7.90. The first-order valence-corrected chi connectivity index (χ1v) is 10.9. The topological polar surface area (TPSA) is 102 Å². The molecule has 33 heavy (non-hydrogen) atoms. The summed E-state index contributed by atoms with van der Waals surface area (Å²) in [6.07, 6.45) is 3.21. The number of hydrogen-bond acceptors (Lipinski definition) is 4. The summed E-state index contributed by atoms with van der Waals surface area (Å²) in [6.45, 7) is 1.55. The van der Waals surface area contributed by atoms with Gasteiger partial charge in [0.1, 0.15) is 11.5 Å². The Bertz CT molecular complexity index is 1150. The molecule has 0 radical (unpaired) electrons. The molecule has 3 amide bonds. The standard InChI is InChI=1S/C26H25N3O4/c27-24(30)18-7-11-22(12-8-18)33-23-13-9-19(10-14-23)25(31)28-21-6-4-5-20(17-21)26(32)29-15-2-1-3-16-29/h4-14,17H,1-3,15-16H2,(H2,27,30)(H,28,31). The first kappa shape index (κ1) is 22.1. The summed E-state index contributed by atoms with van der Waals surface area (Å²) in [5.74, 6) is 0.310. The zero-order valence-corrected chi connectivity index (χ0v) is 18.1. The molecule has 1 fully saturated rings. The molecule has 7 heteroatoms. The number of primary amides is 1. The zero-order valence-electron chi connectivity index (χ0n) is 18.1. The molecule has 0 unspecified atom stereocenters. The number of nitrogens with zero attached hydrogens (tertiary/aromatic N) is 1. The van der Waals surface area contributed by atoms with E-state index in [-0.39, 0.29) is 11.8 Å². The molecule has 3 aromatic carbocycles. The van der Waals surface area contributed by atoms with E-state index in [1.165, 1.54) is 0 Å². The van der Waals surface area contributed by atoms with E-state index in [2.05, 4.69) is 5.32 Å². The van der Waals surface area contributed by atoms with Gasteiger partial charge in [0.05, 0.1) is 0 Å². The number of carbonyl (C=O) groups excluding carboxylic acids is 3. The van der Waals surface area contributed by atoms with Gasteiger partial charge in [0.2, 0.25) is 5.91 Å². The zero-order chi connectivity index (χ0) is 23.2. The fraction of sp³-hybridized carbons (Fsp3) is 0.192. The molecule has 3 aromatic rings. The van der Waals surface area contributed by atoms with Gasteiger partial charge in [0, 0.05) is 35.5 Å². The van der Waals surface area contributed by atoms with Crippen LogP contribution in [0.1, 0.15) is 50.3 Å². The molecule has 0 saturated carbocycles. The number of rotatable bonds is 6. The molecule has 0 bridgehead atoms. The third-order valence-corrected chi connectivity index (χ3v) is 5.50. The molecule has 168 valence electrons. The van der Waals surface area contributed by atoms with Gasteiger partial charge in [-0.05, 0) is 86.0 Å². The molecular formula is C26H25N3O4. The maximum Gasteiger partial charge on any atom is 0.255 e. The Balaban J connectivity index is 1.38. The highest BCUT2D eigenvalue weighted by molar-refractivity contribution is 6.05. The Morgan fingerprint density at radius 2 is 1.36 bits per heavy atom. The van der Waals surface area contributed by atoms with Crippen molar-refractivity contribution in [3.8, 4) is 11.5 Å². The predicted molar refractivity (Wildman–Crippen MR) is 126 cm³/mol. The normalized spacial score (nSPS) is 13.3. The van der Waals surface area contributed by atoms with E-state index in [4.69, 9.17) is 10.5 Å². The van der Waals surface area contributed by atoms with Gasteiger partial charge in [-0.2, -0.15) is 0 Å². The lowest BCUT2D eigenvalue weighted by Gasteiger charge is -2.26. The molecular weight excluding hydrogens is 418 g/mol. The average Bonchev–Trinajstić information content (AvgIpc) is 2.85. The largest absolute Gasteiger partial charge is 0.457 e. The van der Waals surface area contributed by atoms with Gasteiger partial charge < -0.3 is 20.7 Å². The Hall–Kier alpha value is -4.13. The number of nitrogens with two attached hydrogens (primary N) is 1. The van der Waals surface area contributed by atoms with Crippen molar-refractivity contribution < 1.29 is 19.1 Å². The van der Waals surface area contributed by atoms with E-state index in [1.54, 1.807) is 72.8 Å². The van der Waals surface area contributed by atoms with E-state index in [0.29, 0.717) is 33.9 Å². The van der Waals surface area contributed by atoms with Crippen LogP contribution < -0.4 is 15.8 Å². The summed E-state index contributed by atoms with van der Waals surface area (Å²) in [4.78, 5) is 38.4. The van der Waals surface area contributed by atoms with Gasteiger partial charge in [-0.15, -0.1) is 0 Å². The molecule has 3 N–H and O–H groups in total. The highest BCUT2D eigenvalue weighted by Crippen LogP contribution is 2.23. The van der Waals surface area contributed by atoms with Crippen LogP contribution in [0.2, 0.25) is 0 Å². The van der Waals surface area contributed by atoms with Crippen molar-refractivity contribution >= 4 is 23.4 Å². The number of carbonyl (C=O) groups is 3. The van der Waals surface area contributed by atoms with Crippen LogP contribution in [0.3, 0.4) is 0 Å². The van der Waals surface area contributed by atoms with Gasteiger partial charge in [0.25, 0.3) is 11.8 Å². The van der Waals surface area contributed by atoms with Crippen LogP contribution in [0.25, 0.3) is 0 Å². The molecule has 1 aliphatic heterocycles. The number of likely N-dealkylation sites (tertiary alicyclic amines) is 1. The quantitative estimate of drug-likeness (QED) is 0.587. The number of nitrogens with one attached hydrogen (secondary N) is 1. The predicted octanol–water partition coefficient (Wildman–Crippen LogP) is 4.46. The molecule has 4 rings (SSSR count). The van der Waals surface area contributed by atoms with E-state index >= 15 is 0 Å². The minimum absolute atomic E-state index is 0.00355. The summed E-state index contributed by atoms with van der Waals surface area (Å²) in [5.41, 5.74) is 7.23. The van der Waals surface area contributed by atoms with Gasteiger partial charge in [-0.25, -0.2) is 0 Å². The van der Waals surface area contributed by atoms with Crippen LogP contribution >= 0.6 is 0 Å². The number of ether oxygens (including phenoxy) is 1. The molecule has 0 spiro atoms. The molecule has 1 saturated heterocycles. The summed E-state index contributed by atoms with van der Waals surface area (Å²) in [6, 6.07) is 20.2. The van der Waals surface area contributed by atoms with Crippen LogP contribution in [-0.2, 0) is 0 Å². The second-order valence-electron chi connectivity index (χ2n) is 7.90. The number of anilines is 1. The molecule has 0 aromatic heterocycles. The Labute approximate surface area is 192 Å². The summed E-state index contributed by atoms with van der Waals surface area (Å²) < 4.78 is 5.74. The van der Waals surface area contributed by atoms with E-state index in [1.807, 2.05) is 4.90 Å². The van der Waals surface area contributed by atoms with Crippen LogP contribution in [0.4, 0.5) is 5.69 Å². The minimum atomic E-state index is -0.502. The number of amides is 3. The second kappa shape index (κ2) is 9.99. The lowest BCUT2D eigenvalue weighted by molar-refractivity contribution is 0.0724. The molecule has 7 nitrogen and oxygen atoms in total. The van der Waals surface area contributed by atoms with Crippen molar-refractivity contribution in [2.45, 2.75) is 19.3 Å². The lowest BCUT2D eigenvalue weighted by atomic mass is 10.1. The number of piperidine rings is 1. The summed E-state index contributed by atoms with van der Waals surface area (Å²) >= 11 is 0. The van der Waals surface area contributed by atoms with E-state index in [9.17, 15) is 14.4 Å². The van der Waals surface area contributed by atoms with Crippen molar-refractivity contribution in [3.63, 3.8) is 0 Å². The fourth-order valence-electron chi connectivity index (χ4n) is 3.71. The van der Waals surface area contributed by atoms with Crippen LogP contribution in [-0.4, -0.2) is 35.7 Å². The summed E-state index contributed by atoms with van der Waals surface area (Å²) in [7, 11) is 0. The van der Waals surface area contributed by atoms with E-state index in [0.717, 1.165) is 32.4 Å². The van der Waals surface area contributed by atoms with Crippen LogP contribution in [0.15, 0.2) is 72.8 Å². The average molecular weight is 444 g/mol. The van der Waals surface area contributed by atoms with Crippen molar-refractivity contribution in [1.29, 1.82) is 0 Å². The smallest absolute Gasteiger partial charge is 0.255 e. The number of benzene rings is 3. The highest BCUT2D eigenvalue weighted by atomic mass is 16.5. The molecule has 1 heterocycles. The SMILES string of the molecule is NC(=O)c1ccc(Oc2ccc(C(=O)Nc3cccc(C(=O)N4CCCCC4)c3)cc2)cc1. The van der Waals surface area contributed by atoms with Crippen molar-refractivity contribution in [3.05, 3.63) is 89.5 Å². The van der Waals surface area contributed by atoms with Crippen molar-refractivity contribution in [2.75, 3.05) is 18.4 Å². The Kier molecular flexibility index (Phi) is 6.69. The Morgan fingerprint density at radius 1 is 0.758 bits per heavy atom. The number of hydrogen-bond donors (Lipinski definition) is 2. The fourth-order valence-corrected chi connectivity index (χ4v) is 3.71. The monoisotopic (exact) mass is 443 g/mol. The first-order chi connectivity index (χ1) is 16.0. The third-order valence-electron chi connectivity index (χ3n) is 5.50. The molecule has 0 atom stereocenters. The third kappa shape index (κ3) is 5.57. The van der Waals surface area contributed by atoms with Crippen LogP contribution in [0, 0.1) is 0 Å². The molecule has 0 aliphatic carbocycles. The van der Waals surface area contributed by atoms with Gasteiger partial charge in [-0.3, -0.25) is 14.4 Å². The first-order valence-electron chi connectivity index (χ1n) is 10.9.